The number of para-hydroxylation sites is 1. The Kier molecular flexibility index (Phi) is 6.87. The van der Waals surface area contributed by atoms with Crippen molar-refractivity contribution in [2.45, 2.75) is 62.4 Å². The second kappa shape index (κ2) is 10.3. The maximum Gasteiger partial charge on any atom is 0.256 e. The summed E-state index contributed by atoms with van der Waals surface area (Å²) in [5.41, 5.74) is 3.50. The van der Waals surface area contributed by atoms with Crippen molar-refractivity contribution in [3.8, 4) is 11.5 Å². The van der Waals surface area contributed by atoms with Crippen LogP contribution in [0.5, 0.6) is 11.5 Å². The highest BCUT2D eigenvalue weighted by Crippen LogP contribution is 2.52. The Hall–Kier alpha value is -4.13. The molecule has 0 saturated carbocycles. The highest BCUT2D eigenvalue weighted by atomic mass is 16.7. The Labute approximate surface area is 240 Å². The molecule has 0 aromatic heterocycles. The van der Waals surface area contributed by atoms with E-state index in [-0.39, 0.29) is 34.2 Å². The molecule has 11 nitrogen and oxygen atoms in total. The van der Waals surface area contributed by atoms with Gasteiger partial charge in [-0.25, -0.2) is 0 Å². The lowest BCUT2D eigenvalue weighted by Crippen LogP contribution is -2.53. The zero-order chi connectivity index (χ0) is 29.9. The summed E-state index contributed by atoms with van der Waals surface area (Å²) in [5, 5.41) is 47.7. The van der Waals surface area contributed by atoms with E-state index in [0.29, 0.717) is 5.69 Å². The molecule has 1 fully saturated rings. The number of carbonyl (C=O) groups is 3. The molecule has 0 unspecified atom stereocenters. The molecule has 3 aromatic rings. The average Bonchev–Trinajstić information content (AvgIpc) is 2.96. The van der Waals surface area contributed by atoms with E-state index in [1.807, 2.05) is 0 Å². The first-order valence-corrected chi connectivity index (χ1v) is 13.6. The average molecular weight is 575 g/mol. The number of nitrogens with one attached hydrogen (secondary N) is 1. The Bertz CT molecular complexity index is 1600. The van der Waals surface area contributed by atoms with Gasteiger partial charge in [0.15, 0.2) is 17.9 Å². The van der Waals surface area contributed by atoms with Crippen molar-refractivity contribution in [2.24, 2.45) is 5.73 Å². The molecule has 218 valence electrons. The van der Waals surface area contributed by atoms with E-state index in [0.717, 1.165) is 0 Å². The zero-order valence-electron chi connectivity index (χ0n) is 22.6. The van der Waals surface area contributed by atoms with E-state index >= 15 is 0 Å². The van der Waals surface area contributed by atoms with Crippen molar-refractivity contribution < 1.29 is 44.3 Å². The summed E-state index contributed by atoms with van der Waals surface area (Å²) in [6.45, 7) is 1.61. The molecule has 2 aliphatic carbocycles. The number of phenols is 2. The normalized spacial score (nSPS) is 28.4. The molecule has 0 bridgehead atoms. The van der Waals surface area contributed by atoms with Crippen LogP contribution in [-0.2, 0) is 20.7 Å². The molecule has 1 amide bonds. The maximum atomic E-state index is 13.5. The van der Waals surface area contributed by atoms with Gasteiger partial charge in [0.2, 0.25) is 0 Å². The van der Waals surface area contributed by atoms with Crippen LogP contribution in [0.25, 0.3) is 0 Å². The summed E-state index contributed by atoms with van der Waals surface area (Å²) in [6, 6.07) is 13.8. The van der Waals surface area contributed by atoms with Crippen LogP contribution >= 0.6 is 0 Å². The molecule has 0 spiro atoms. The Morgan fingerprint density at radius 2 is 1.60 bits per heavy atom. The number of aliphatic hydroxyl groups is 2. The fourth-order valence-corrected chi connectivity index (χ4v) is 6.10. The number of amides is 1. The summed E-state index contributed by atoms with van der Waals surface area (Å²) in [6.07, 6.45) is -4.79. The number of aliphatic hydroxyl groups excluding tert-OH is 1. The number of ether oxygens (including phenoxy) is 2. The number of hydrogen-bond acceptors (Lipinski definition) is 10. The zero-order valence-corrected chi connectivity index (χ0v) is 22.6. The highest BCUT2D eigenvalue weighted by molar-refractivity contribution is 6.30. The van der Waals surface area contributed by atoms with Gasteiger partial charge in [0.05, 0.1) is 29.4 Å². The summed E-state index contributed by atoms with van der Waals surface area (Å²) < 4.78 is 12.0. The second-order valence-corrected chi connectivity index (χ2v) is 11.1. The van der Waals surface area contributed by atoms with Crippen molar-refractivity contribution in [3.05, 3.63) is 88.0 Å². The van der Waals surface area contributed by atoms with Crippen LogP contribution in [0.2, 0.25) is 0 Å². The lowest BCUT2D eigenvalue weighted by atomic mass is 9.72. The largest absolute Gasteiger partial charge is 0.507 e. The van der Waals surface area contributed by atoms with Crippen molar-refractivity contribution in [3.63, 3.8) is 0 Å². The minimum absolute atomic E-state index is 0.0417. The van der Waals surface area contributed by atoms with Gasteiger partial charge in [-0.2, -0.15) is 0 Å². The first kappa shape index (κ1) is 28.0. The molecule has 1 saturated heterocycles. The van der Waals surface area contributed by atoms with Gasteiger partial charge in [0, 0.05) is 53.2 Å². The molecule has 7 N–H and O–H groups in total. The monoisotopic (exact) mass is 574 g/mol. The molecule has 3 aliphatic rings. The smallest absolute Gasteiger partial charge is 0.256 e. The number of phenolic OH excluding ortho intramolecular Hbond substituents is 2. The predicted octanol–water partition coefficient (Wildman–Crippen LogP) is 2.07. The van der Waals surface area contributed by atoms with Gasteiger partial charge in [0.1, 0.15) is 17.1 Å². The van der Waals surface area contributed by atoms with Gasteiger partial charge in [-0.3, -0.25) is 14.4 Å². The van der Waals surface area contributed by atoms with Gasteiger partial charge in [-0.05, 0) is 19.1 Å². The SMILES string of the molecule is C[C@@H]1O[C@@H](O[C@H]2C[C@](O)(C(=O)Nc3ccccc3)Cc3c(O)c4c(c(O)c32)C(=O)c2ccccc2C4=O)C[C@H](N)[C@@H]1O. The van der Waals surface area contributed by atoms with Crippen LogP contribution in [0, 0.1) is 0 Å². The maximum absolute atomic E-state index is 13.5. The van der Waals surface area contributed by atoms with Crippen molar-refractivity contribution in [1.82, 2.24) is 0 Å². The number of rotatable bonds is 4. The van der Waals surface area contributed by atoms with Crippen LogP contribution in [0.1, 0.15) is 68.8 Å². The summed E-state index contributed by atoms with van der Waals surface area (Å²) in [7, 11) is 0. The van der Waals surface area contributed by atoms with Gasteiger partial charge >= 0.3 is 0 Å². The third-order valence-electron chi connectivity index (χ3n) is 8.30. The standard InChI is InChI=1S/C31H30N2O9/c1-14-25(34)19(32)11-21(41-14)42-20-13-31(40,30(39)33-15-7-3-2-4-8-15)12-18-22(20)29(38)24-23(28(18)37)26(35)16-9-5-6-10-17(16)27(24)36/h2-10,14,19-21,25,34,37-38,40H,11-13,32H2,1H3,(H,33,39)/t14-,19-,20-,21-,25+,31-/m0/s1. The molecule has 0 radical (unpaired) electrons. The molecule has 42 heavy (non-hydrogen) atoms. The number of carbonyl (C=O) groups excluding carboxylic acids is 3. The summed E-state index contributed by atoms with van der Waals surface area (Å²) >= 11 is 0. The summed E-state index contributed by atoms with van der Waals surface area (Å²) in [4.78, 5) is 40.5. The van der Waals surface area contributed by atoms with Gasteiger partial charge < -0.3 is 41.0 Å². The Morgan fingerprint density at radius 3 is 2.21 bits per heavy atom. The topological polar surface area (TPSA) is 189 Å². The predicted molar refractivity (Wildman–Crippen MR) is 148 cm³/mol. The Balaban J connectivity index is 1.47. The molecular formula is C31H30N2O9. The molecular weight excluding hydrogens is 544 g/mol. The van der Waals surface area contributed by atoms with E-state index in [1.54, 1.807) is 49.4 Å². The molecule has 3 aromatic carbocycles. The van der Waals surface area contributed by atoms with Crippen molar-refractivity contribution in [2.75, 3.05) is 5.32 Å². The summed E-state index contributed by atoms with van der Waals surface area (Å²) in [5.74, 6) is -3.36. The van der Waals surface area contributed by atoms with Gasteiger partial charge in [0.25, 0.3) is 5.91 Å². The van der Waals surface area contributed by atoms with E-state index in [4.69, 9.17) is 15.2 Å². The second-order valence-electron chi connectivity index (χ2n) is 11.1. The number of nitrogens with two attached hydrogens (primary N) is 1. The van der Waals surface area contributed by atoms with Gasteiger partial charge in [-0.15, -0.1) is 0 Å². The lowest BCUT2D eigenvalue weighted by Gasteiger charge is -2.42. The number of benzene rings is 3. The van der Waals surface area contributed by atoms with Crippen LogP contribution in [-0.4, -0.2) is 68.0 Å². The number of hydrogen-bond donors (Lipinski definition) is 6. The quantitative estimate of drug-likeness (QED) is 0.197. The fraction of sp³-hybridized carbons (Fsp3) is 0.323. The van der Waals surface area contributed by atoms with E-state index in [9.17, 15) is 34.8 Å². The van der Waals surface area contributed by atoms with Crippen molar-refractivity contribution >= 4 is 23.2 Å². The number of fused-ring (bicyclic) bond motifs is 3. The third-order valence-corrected chi connectivity index (χ3v) is 8.30. The van der Waals surface area contributed by atoms with Crippen LogP contribution in [0.3, 0.4) is 0 Å². The molecule has 11 heteroatoms. The number of aromatic hydroxyl groups is 2. The van der Waals surface area contributed by atoms with Crippen LogP contribution < -0.4 is 11.1 Å². The van der Waals surface area contributed by atoms with Crippen LogP contribution in [0.4, 0.5) is 5.69 Å². The Morgan fingerprint density at radius 1 is 1.00 bits per heavy atom. The van der Waals surface area contributed by atoms with Crippen LogP contribution in [0.15, 0.2) is 54.6 Å². The third kappa shape index (κ3) is 4.46. The molecule has 6 atom stereocenters. The fourth-order valence-electron chi connectivity index (χ4n) is 6.10. The first-order chi connectivity index (χ1) is 20.0. The number of ketones is 2. The van der Waals surface area contributed by atoms with Gasteiger partial charge in [-0.1, -0.05) is 42.5 Å². The molecule has 1 heterocycles. The minimum atomic E-state index is -2.17. The lowest BCUT2D eigenvalue weighted by molar-refractivity contribution is -0.247. The van der Waals surface area contributed by atoms with Crippen molar-refractivity contribution in [1.29, 1.82) is 0 Å². The minimum Gasteiger partial charge on any atom is -0.507 e. The molecule has 6 rings (SSSR count). The number of anilines is 1. The highest BCUT2D eigenvalue weighted by Gasteiger charge is 2.50. The van der Waals surface area contributed by atoms with E-state index in [1.165, 1.54) is 12.1 Å². The van der Waals surface area contributed by atoms with E-state index < -0.39 is 83.6 Å². The first-order valence-electron chi connectivity index (χ1n) is 13.6. The van der Waals surface area contributed by atoms with E-state index in [2.05, 4.69) is 5.32 Å². The molecule has 1 aliphatic heterocycles.